The first kappa shape index (κ1) is 7.32. The lowest BCUT2D eigenvalue weighted by atomic mass is 10.4. The van der Waals surface area contributed by atoms with Crippen LogP contribution in [-0.2, 0) is 9.47 Å². The molecular weight excluding hydrogens is 140 g/mol. The Balaban J connectivity index is 2.20. The molecule has 9 heavy (non-hydrogen) atoms. The fourth-order valence-corrected chi connectivity index (χ4v) is 0.965. The van der Waals surface area contributed by atoms with E-state index in [9.17, 15) is 0 Å². The Bertz CT molecular complexity index is 77.1. The summed E-state index contributed by atoms with van der Waals surface area (Å²) in [5, 5.41) is 0. The Morgan fingerprint density at radius 1 is 1.67 bits per heavy atom. The van der Waals surface area contributed by atoms with Crippen LogP contribution in [0.5, 0.6) is 0 Å². The molecule has 0 aromatic carbocycles. The molecule has 0 aliphatic carbocycles. The van der Waals surface area contributed by atoms with Crippen LogP contribution in [0, 0.1) is 0 Å². The smallest absolute Gasteiger partial charge is 0.157 e. The predicted octanol–water partition coefficient (Wildman–Crippen LogP) is 1.38. The standard InChI is InChI=1S/C6H11ClO2/c1-2-6-8-4-5(3-7)9-6/h5-6H,2-4H2,1H3/t5-,6-/m0/s1. The summed E-state index contributed by atoms with van der Waals surface area (Å²) in [6.45, 7) is 2.68. The third-order valence-corrected chi connectivity index (χ3v) is 1.66. The molecule has 0 unspecified atom stereocenters. The SMILES string of the molecule is CC[C@H]1OC[C@H](CCl)O1. The molecule has 0 aromatic heterocycles. The van der Waals surface area contributed by atoms with E-state index in [-0.39, 0.29) is 12.4 Å². The van der Waals surface area contributed by atoms with Crippen molar-refractivity contribution in [2.24, 2.45) is 0 Å². The molecule has 0 bridgehead atoms. The van der Waals surface area contributed by atoms with Crippen molar-refractivity contribution in [1.82, 2.24) is 0 Å². The van der Waals surface area contributed by atoms with Crippen LogP contribution in [0.25, 0.3) is 0 Å². The van der Waals surface area contributed by atoms with Gasteiger partial charge in [0, 0.05) is 0 Å². The van der Waals surface area contributed by atoms with E-state index in [1.54, 1.807) is 0 Å². The molecule has 1 aliphatic heterocycles. The Hall–Kier alpha value is 0.210. The molecule has 54 valence electrons. The van der Waals surface area contributed by atoms with Gasteiger partial charge < -0.3 is 9.47 Å². The molecule has 0 aromatic rings. The molecule has 0 N–H and O–H groups in total. The van der Waals surface area contributed by atoms with Crippen molar-refractivity contribution in [3.8, 4) is 0 Å². The largest absolute Gasteiger partial charge is 0.350 e. The molecule has 0 amide bonds. The van der Waals surface area contributed by atoms with Gasteiger partial charge in [-0.05, 0) is 6.42 Å². The lowest BCUT2D eigenvalue weighted by Crippen LogP contribution is -2.12. The lowest BCUT2D eigenvalue weighted by molar-refractivity contribution is -0.0552. The van der Waals surface area contributed by atoms with Gasteiger partial charge in [0.05, 0.1) is 18.6 Å². The molecule has 1 rings (SSSR count). The van der Waals surface area contributed by atoms with E-state index in [0.29, 0.717) is 12.5 Å². The summed E-state index contributed by atoms with van der Waals surface area (Å²) < 4.78 is 10.5. The molecule has 0 radical (unpaired) electrons. The van der Waals surface area contributed by atoms with E-state index < -0.39 is 0 Å². The summed E-state index contributed by atoms with van der Waals surface area (Å²) in [5.74, 6) is 0.538. The molecule has 1 heterocycles. The van der Waals surface area contributed by atoms with Gasteiger partial charge in [-0.1, -0.05) is 6.92 Å². The van der Waals surface area contributed by atoms with Crippen molar-refractivity contribution in [3.05, 3.63) is 0 Å². The first-order chi connectivity index (χ1) is 4.36. The molecule has 0 saturated carbocycles. The first-order valence-electron chi connectivity index (χ1n) is 3.19. The number of hydrogen-bond donors (Lipinski definition) is 0. The Morgan fingerprint density at radius 3 is 2.78 bits per heavy atom. The van der Waals surface area contributed by atoms with Crippen LogP contribution in [-0.4, -0.2) is 24.9 Å². The van der Waals surface area contributed by atoms with Gasteiger partial charge in [0.2, 0.25) is 0 Å². The minimum Gasteiger partial charge on any atom is -0.350 e. The summed E-state index contributed by atoms with van der Waals surface area (Å²) in [4.78, 5) is 0. The molecule has 1 fully saturated rings. The quantitative estimate of drug-likeness (QED) is 0.554. The Morgan fingerprint density at radius 2 is 2.44 bits per heavy atom. The van der Waals surface area contributed by atoms with Crippen molar-refractivity contribution in [3.63, 3.8) is 0 Å². The molecule has 2 nitrogen and oxygen atoms in total. The van der Waals surface area contributed by atoms with E-state index in [2.05, 4.69) is 0 Å². The van der Waals surface area contributed by atoms with Crippen molar-refractivity contribution >= 4 is 11.6 Å². The van der Waals surface area contributed by atoms with Crippen LogP contribution < -0.4 is 0 Å². The lowest BCUT2D eigenvalue weighted by Gasteiger charge is -2.05. The number of ether oxygens (including phenoxy) is 2. The van der Waals surface area contributed by atoms with E-state index in [0.717, 1.165) is 6.42 Å². The molecular formula is C6H11ClO2. The fraction of sp³-hybridized carbons (Fsp3) is 1.00. The van der Waals surface area contributed by atoms with Crippen molar-refractivity contribution in [2.75, 3.05) is 12.5 Å². The van der Waals surface area contributed by atoms with Gasteiger partial charge in [-0.15, -0.1) is 11.6 Å². The number of alkyl halides is 1. The second kappa shape index (κ2) is 3.40. The second-order valence-electron chi connectivity index (χ2n) is 2.08. The van der Waals surface area contributed by atoms with Crippen LogP contribution in [0.15, 0.2) is 0 Å². The Labute approximate surface area is 60.1 Å². The number of hydrogen-bond acceptors (Lipinski definition) is 2. The average molecular weight is 151 g/mol. The minimum absolute atomic E-state index is 0.00579. The zero-order chi connectivity index (χ0) is 6.69. The molecule has 1 aliphatic rings. The zero-order valence-electron chi connectivity index (χ0n) is 5.47. The fourth-order valence-electron chi connectivity index (χ4n) is 0.803. The van der Waals surface area contributed by atoms with Crippen LogP contribution in [0.1, 0.15) is 13.3 Å². The highest BCUT2D eigenvalue weighted by Crippen LogP contribution is 2.14. The highest BCUT2D eigenvalue weighted by Gasteiger charge is 2.22. The summed E-state index contributed by atoms with van der Waals surface area (Å²) in [5.41, 5.74) is 0. The molecule has 1 saturated heterocycles. The van der Waals surface area contributed by atoms with E-state index >= 15 is 0 Å². The third-order valence-electron chi connectivity index (χ3n) is 1.32. The maximum atomic E-state index is 5.53. The molecule has 0 spiro atoms. The van der Waals surface area contributed by atoms with Crippen LogP contribution in [0.2, 0.25) is 0 Å². The summed E-state index contributed by atoms with van der Waals surface area (Å²) in [7, 11) is 0. The molecule has 3 heteroatoms. The molecule has 2 atom stereocenters. The van der Waals surface area contributed by atoms with Crippen LogP contribution >= 0.6 is 11.6 Å². The average Bonchev–Trinajstić information content (AvgIpc) is 2.34. The first-order valence-corrected chi connectivity index (χ1v) is 3.73. The topological polar surface area (TPSA) is 18.5 Å². The van der Waals surface area contributed by atoms with Gasteiger partial charge in [-0.25, -0.2) is 0 Å². The maximum Gasteiger partial charge on any atom is 0.157 e. The van der Waals surface area contributed by atoms with Gasteiger partial charge in [-0.3, -0.25) is 0 Å². The van der Waals surface area contributed by atoms with E-state index in [1.807, 2.05) is 6.92 Å². The van der Waals surface area contributed by atoms with Crippen LogP contribution in [0.3, 0.4) is 0 Å². The van der Waals surface area contributed by atoms with Crippen LogP contribution in [0.4, 0.5) is 0 Å². The summed E-state index contributed by atoms with van der Waals surface area (Å²) in [6, 6.07) is 0. The summed E-state index contributed by atoms with van der Waals surface area (Å²) in [6.07, 6.45) is 1.03. The second-order valence-corrected chi connectivity index (χ2v) is 2.39. The predicted molar refractivity (Wildman–Crippen MR) is 35.6 cm³/mol. The van der Waals surface area contributed by atoms with E-state index in [4.69, 9.17) is 21.1 Å². The zero-order valence-corrected chi connectivity index (χ0v) is 6.23. The Kier molecular flexibility index (Phi) is 2.76. The van der Waals surface area contributed by atoms with Gasteiger partial charge in [0.25, 0.3) is 0 Å². The minimum atomic E-state index is -0.00579. The van der Waals surface area contributed by atoms with Gasteiger partial charge in [0.15, 0.2) is 6.29 Å². The van der Waals surface area contributed by atoms with Crippen molar-refractivity contribution in [1.29, 1.82) is 0 Å². The van der Waals surface area contributed by atoms with E-state index in [1.165, 1.54) is 0 Å². The van der Waals surface area contributed by atoms with Gasteiger partial charge in [0.1, 0.15) is 0 Å². The monoisotopic (exact) mass is 150 g/mol. The van der Waals surface area contributed by atoms with Crippen molar-refractivity contribution in [2.45, 2.75) is 25.7 Å². The summed E-state index contributed by atoms with van der Waals surface area (Å²) >= 11 is 5.53. The highest BCUT2D eigenvalue weighted by atomic mass is 35.5. The third kappa shape index (κ3) is 1.81. The van der Waals surface area contributed by atoms with Gasteiger partial charge >= 0.3 is 0 Å². The number of rotatable bonds is 2. The normalized spacial score (nSPS) is 35.3. The van der Waals surface area contributed by atoms with Gasteiger partial charge in [-0.2, -0.15) is 0 Å². The number of halogens is 1. The maximum absolute atomic E-state index is 5.53. The van der Waals surface area contributed by atoms with Crippen molar-refractivity contribution < 1.29 is 9.47 Å². The highest BCUT2D eigenvalue weighted by molar-refractivity contribution is 6.18.